The largest absolute Gasteiger partial charge is 0.374 e. The molecular weight excluding hydrogens is 520 g/mol. The number of nitrogens with one attached hydrogen (secondary N) is 3. The van der Waals surface area contributed by atoms with Crippen molar-refractivity contribution in [2.45, 2.75) is 33.4 Å². The predicted octanol–water partition coefficient (Wildman–Crippen LogP) is 6.74. The number of fused-ring (bicyclic) bond motifs is 2. The van der Waals surface area contributed by atoms with E-state index in [-0.39, 0.29) is 10.5 Å². The Labute approximate surface area is 226 Å². The summed E-state index contributed by atoms with van der Waals surface area (Å²) in [5.74, 6) is 0.00445. The Hall–Kier alpha value is -4.22. The zero-order valence-corrected chi connectivity index (χ0v) is 22.2. The van der Waals surface area contributed by atoms with Crippen molar-refractivity contribution in [3.8, 4) is 33.1 Å². The lowest BCUT2D eigenvalue weighted by Crippen LogP contribution is -2.25. The number of benzene rings is 1. The average Bonchev–Trinajstić information content (AvgIpc) is 3.59. The Kier molecular flexibility index (Phi) is 6.12. The summed E-state index contributed by atoms with van der Waals surface area (Å²) in [6.07, 6.45) is 4.55. The molecule has 1 unspecified atom stereocenters. The van der Waals surface area contributed by atoms with E-state index in [0.29, 0.717) is 56.8 Å². The van der Waals surface area contributed by atoms with Gasteiger partial charge in [-0.25, -0.2) is 14.4 Å². The number of nitrogens with zero attached hydrogens (tertiary/aromatic N) is 4. The highest BCUT2D eigenvalue weighted by Gasteiger charge is 2.20. The van der Waals surface area contributed by atoms with Gasteiger partial charge in [-0.15, -0.1) is 11.3 Å². The maximum atomic E-state index is 15.2. The van der Waals surface area contributed by atoms with E-state index in [9.17, 15) is 9.50 Å². The summed E-state index contributed by atoms with van der Waals surface area (Å²) in [7, 11) is 0. The molecule has 0 spiro atoms. The topological polar surface area (TPSA) is 115 Å². The molecule has 0 amide bonds. The van der Waals surface area contributed by atoms with E-state index < -0.39 is 12.0 Å². The fraction of sp³-hybridized carbons (Fsp3) is 0.214. The van der Waals surface area contributed by atoms with Crippen molar-refractivity contribution in [1.82, 2.24) is 30.1 Å². The number of halogens is 2. The first-order valence-corrected chi connectivity index (χ1v) is 13.1. The fourth-order valence-electron chi connectivity index (χ4n) is 4.62. The number of H-pyrrole nitrogens is 2. The highest BCUT2D eigenvalue weighted by atomic mass is 32.1. The van der Waals surface area contributed by atoms with Gasteiger partial charge in [0.15, 0.2) is 16.6 Å². The minimum Gasteiger partial charge on any atom is -0.374 e. The van der Waals surface area contributed by atoms with Crippen LogP contribution in [0.3, 0.4) is 0 Å². The van der Waals surface area contributed by atoms with Crippen molar-refractivity contribution in [1.29, 1.82) is 0 Å². The van der Waals surface area contributed by atoms with Crippen LogP contribution in [0.25, 0.3) is 55.2 Å². The van der Waals surface area contributed by atoms with Crippen molar-refractivity contribution in [3.05, 3.63) is 65.9 Å². The molecule has 5 aromatic heterocycles. The summed E-state index contributed by atoms with van der Waals surface area (Å²) >= 11 is 1.04. The molecule has 6 aromatic rings. The molecule has 198 valence electrons. The number of aliphatic hydroxyl groups is 1. The van der Waals surface area contributed by atoms with Crippen molar-refractivity contribution >= 4 is 39.1 Å². The monoisotopic (exact) mass is 545 g/mol. The van der Waals surface area contributed by atoms with Crippen molar-refractivity contribution < 1.29 is 13.9 Å². The van der Waals surface area contributed by atoms with Crippen LogP contribution in [0.2, 0.25) is 0 Å². The first-order valence-electron chi connectivity index (χ1n) is 12.3. The molecule has 11 heteroatoms. The van der Waals surface area contributed by atoms with Gasteiger partial charge in [-0.2, -0.15) is 9.49 Å². The summed E-state index contributed by atoms with van der Waals surface area (Å²) in [5, 5.41) is 21.1. The van der Waals surface area contributed by atoms with Gasteiger partial charge in [-0.1, -0.05) is 20.8 Å². The summed E-state index contributed by atoms with van der Waals surface area (Å²) in [5.41, 5.74) is 4.28. The number of aromatic nitrogens is 6. The third kappa shape index (κ3) is 4.98. The first-order chi connectivity index (χ1) is 18.6. The lowest BCUT2D eigenvalue weighted by atomic mass is 9.91. The fourth-order valence-corrected chi connectivity index (χ4v) is 5.38. The van der Waals surface area contributed by atoms with E-state index in [1.807, 2.05) is 20.8 Å². The highest BCUT2D eigenvalue weighted by molar-refractivity contribution is 7.14. The molecule has 0 aliphatic heterocycles. The molecule has 0 aliphatic rings. The molecule has 0 saturated carbocycles. The number of imidazole rings is 1. The maximum absolute atomic E-state index is 15.2. The Balaban J connectivity index is 1.39. The van der Waals surface area contributed by atoms with E-state index >= 15 is 4.39 Å². The average molecular weight is 546 g/mol. The molecule has 8 nitrogen and oxygen atoms in total. The number of aromatic amines is 2. The van der Waals surface area contributed by atoms with Crippen molar-refractivity contribution in [2.24, 2.45) is 5.41 Å². The Morgan fingerprint density at radius 1 is 1.08 bits per heavy atom. The normalized spacial score (nSPS) is 12.9. The number of rotatable bonds is 6. The van der Waals surface area contributed by atoms with Crippen LogP contribution >= 0.6 is 11.3 Å². The van der Waals surface area contributed by atoms with E-state index in [1.165, 1.54) is 12.1 Å². The van der Waals surface area contributed by atoms with Crippen LogP contribution in [0.4, 0.5) is 14.5 Å². The van der Waals surface area contributed by atoms with Crippen molar-refractivity contribution in [2.75, 3.05) is 5.32 Å². The van der Waals surface area contributed by atoms with Crippen LogP contribution in [0.5, 0.6) is 0 Å². The lowest BCUT2D eigenvalue weighted by molar-refractivity contribution is 0.145. The van der Waals surface area contributed by atoms with E-state index in [0.717, 1.165) is 21.8 Å². The van der Waals surface area contributed by atoms with Gasteiger partial charge < -0.3 is 15.4 Å². The Morgan fingerprint density at radius 3 is 2.69 bits per heavy atom. The molecule has 4 N–H and O–H groups in total. The molecule has 0 fully saturated rings. The molecule has 0 radical (unpaired) electrons. The second kappa shape index (κ2) is 9.51. The standard InChI is InChI=1S/C28H25F2N7OS/c1-28(2,3)11-23(38)33-15-8-14(12-31-13-15)17-9-18-20(10-19(17)29)36-37-25(18)27-34-24-16(6-7-32-26(24)35-27)21-4-5-22(30)39-21/h4-10,12-13,23,33,38H,11H2,1-3H3,(H,36,37)(H,32,34,35). The third-order valence-electron chi connectivity index (χ3n) is 6.29. The van der Waals surface area contributed by atoms with Crippen LogP contribution in [-0.4, -0.2) is 41.5 Å². The number of anilines is 1. The van der Waals surface area contributed by atoms with Crippen LogP contribution in [0, 0.1) is 16.4 Å². The minimum atomic E-state index is -0.771. The Bertz CT molecular complexity index is 1820. The molecule has 6 rings (SSSR count). The molecule has 0 bridgehead atoms. The molecule has 0 aliphatic carbocycles. The number of pyridine rings is 2. The molecular formula is C28H25F2N7OS. The van der Waals surface area contributed by atoms with Crippen LogP contribution < -0.4 is 5.32 Å². The summed E-state index contributed by atoms with van der Waals surface area (Å²) in [6, 6.07) is 9.78. The van der Waals surface area contributed by atoms with Gasteiger partial charge in [0.2, 0.25) is 0 Å². The highest BCUT2D eigenvalue weighted by Crippen LogP contribution is 2.35. The van der Waals surface area contributed by atoms with E-state index in [1.54, 1.807) is 42.9 Å². The van der Waals surface area contributed by atoms with Crippen LogP contribution in [-0.2, 0) is 0 Å². The van der Waals surface area contributed by atoms with Gasteiger partial charge in [0.05, 0.1) is 22.9 Å². The Morgan fingerprint density at radius 2 is 1.92 bits per heavy atom. The smallest absolute Gasteiger partial charge is 0.178 e. The van der Waals surface area contributed by atoms with Crippen molar-refractivity contribution in [3.63, 3.8) is 0 Å². The zero-order chi connectivity index (χ0) is 27.3. The quantitative estimate of drug-likeness (QED) is 0.172. The molecule has 39 heavy (non-hydrogen) atoms. The van der Waals surface area contributed by atoms with Gasteiger partial charge in [0, 0.05) is 45.4 Å². The minimum absolute atomic E-state index is 0.0703. The molecule has 0 saturated heterocycles. The first kappa shape index (κ1) is 25.1. The maximum Gasteiger partial charge on any atom is 0.178 e. The number of hydrogen-bond acceptors (Lipinski definition) is 7. The van der Waals surface area contributed by atoms with Gasteiger partial charge in [0.1, 0.15) is 17.7 Å². The van der Waals surface area contributed by atoms with Gasteiger partial charge in [0.25, 0.3) is 0 Å². The van der Waals surface area contributed by atoms with Crippen LogP contribution in [0.15, 0.2) is 55.0 Å². The van der Waals surface area contributed by atoms with Gasteiger partial charge in [-0.05, 0) is 42.2 Å². The molecule has 1 aromatic carbocycles. The van der Waals surface area contributed by atoms with Crippen LogP contribution in [0.1, 0.15) is 27.2 Å². The molecule has 1 atom stereocenters. The number of aliphatic hydroxyl groups excluding tert-OH is 1. The predicted molar refractivity (Wildman–Crippen MR) is 149 cm³/mol. The lowest BCUT2D eigenvalue weighted by Gasteiger charge is -2.23. The number of hydrogen-bond donors (Lipinski definition) is 4. The van der Waals surface area contributed by atoms with E-state index in [2.05, 4.69) is 35.5 Å². The molecule has 5 heterocycles. The summed E-state index contributed by atoms with van der Waals surface area (Å²) < 4.78 is 28.9. The van der Waals surface area contributed by atoms with Gasteiger partial charge >= 0.3 is 0 Å². The summed E-state index contributed by atoms with van der Waals surface area (Å²) in [6.45, 7) is 6.13. The summed E-state index contributed by atoms with van der Waals surface area (Å²) in [4.78, 5) is 17.2. The SMILES string of the molecule is CC(C)(C)CC(O)Nc1cncc(-c2cc3c(-c4nc5nccc(-c6ccc(F)s6)c5[nH]4)n[nH]c3cc2F)c1. The second-order valence-corrected chi connectivity index (χ2v) is 11.6. The number of thiophene rings is 1. The second-order valence-electron chi connectivity index (χ2n) is 10.6. The third-order valence-corrected chi connectivity index (χ3v) is 7.20. The van der Waals surface area contributed by atoms with E-state index in [4.69, 9.17) is 0 Å². The van der Waals surface area contributed by atoms with Gasteiger partial charge in [-0.3, -0.25) is 10.1 Å². The zero-order valence-electron chi connectivity index (χ0n) is 21.4.